The number of hydrogen-bond acceptors (Lipinski definition) is 4. The van der Waals surface area contributed by atoms with Crippen LogP contribution < -0.4 is 5.32 Å². The normalized spacial score (nSPS) is 12.8. The molecule has 0 aliphatic carbocycles. The van der Waals surface area contributed by atoms with E-state index in [1.54, 1.807) is 0 Å². The van der Waals surface area contributed by atoms with Crippen molar-refractivity contribution in [3.05, 3.63) is 34.3 Å². The molecule has 1 aromatic carbocycles. The van der Waals surface area contributed by atoms with Gasteiger partial charge in [0.15, 0.2) is 0 Å². The Labute approximate surface area is 129 Å². The fraction of sp³-hybridized carbons (Fsp3) is 0.600. The molecule has 0 radical (unpaired) electrons. The van der Waals surface area contributed by atoms with Crippen molar-refractivity contribution >= 4 is 15.9 Å². The van der Waals surface area contributed by atoms with Gasteiger partial charge in [-0.25, -0.2) is 0 Å². The maximum Gasteiger partial charge on any atom is 0.0897 e. The first-order valence-corrected chi connectivity index (χ1v) is 7.70. The smallest absolute Gasteiger partial charge is 0.0897 e. The lowest BCUT2D eigenvalue weighted by Crippen LogP contribution is -2.30. The molecule has 0 heterocycles. The number of rotatable bonds is 10. The number of aliphatic hydroxyl groups is 1. The van der Waals surface area contributed by atoms with Gasteiger partial charge in [-0.2, -0.15) is 0 Å². The van der Waals surface area contributed by atoms with Gasteiger partial charge in [0.2, 0.25) is 0 Å². The highest BCUT2D eigenvalue weighted by Crippen LogP contribution is 2.15. The molecule has 2 N–H and O–H groups in total. The van der Waals surface area contributed by atoms with E-state index in [4.69, 9.17) is 9.47 Å². The van der Waals surface area contributed by atoms with Crippen LogP contribution in [0.1, 0.15) is 19.4 Å². The summed E-state index contributed by atoms with van der Waals surface area (Å²) < 4.78 is 11.8. The van der Waals surface area contributed by atoms with Gasteiger partial charge in [0.05, 0.1) is 32.0 Å². The molecule has 0 fully saturated rings. The third-order valence-corrected chi connectivity index (χ3v) is 3.42. The number of aliphatic hydroxyl groups excluding tert-OH is 1. The SMILES string of the molecule is CC(C)OCCOCC(O)CNCc1ccccc1Br. The Kier molecular flexibility index (Phi) is 9.05. The molecule has 0 spiro atoms. The fourth-order valence-corrected chi connectivity index (χ4v) is 2.06. The lowest BCUT2D eigenvalue weighted by molar-refractivity contribution is -0.0100. The molecule has 114 valence electrons. The van der Waals surface area contributed by atoms with Crippen molar-refractivity contribution in [1.29, 1.82) is 0 Å². The van der Waals surface area contributed by atoms with Crippen LogP contribution in [0.5, 0.6) is 0 Å². The average molecular weight is 346 g/mol. The second kappa shape index (κ2) is 10.3. The van der Waals surface area contributed by atoms with Crippen LogP contribution in [0.3, 0.4) is 0 Å². The van der Waals surface area contributed by atoms with Gasteiger partial charge in [-0.05, 0) is 25.5 Å². The summed E-state index contributed by atoms with van der Waals surface area (Å²) in [4.78, 5) is 0. The minimum absolute atomic E-state index is 0.217. The Hall–Kier alpha value is -0.460. The van der Waals surface area contributed by atoms with Crippen LogP contribution in [0.4, 0.5) is 0 Å². The van der Waals surface area contributed by atoms with E-state index in [0.29, 0.717) is 26.4 Å². The van der Waals surface area contributed by atoms with Crippen molar-refractivity contribution < 1.29 is 14.6 Å². The molecular formula is C15H24BrNO3. The second-order valence-corrected chi connectivity index (χ2v) is 5.72. The zero-order valence-electron chi connectivity index (χ0n) is 12.1. The van der Waals surface area contributed by atoms with E-state index in [9.17, 15) is 5.11 Å². The molecule has 1 aromatic rings. The van der Waals surface area contributed by atoms with Gasteiger partial charge in [0, 0.05) is 17.6 Å². The predicted molar refractivity (Wildman–Crippen MR) is 83.8 cm³/mol. The minimum atomic E-state index is -0.503. The standard InChI is InChI=1S/C15H24BrNO3/c1-12(2)20-8-7-19-11-14(18)10-17-9-13-5-3-4-6-15(13)16/h3-6,12,14,17-18H,7-11H2,1-2H3. The van der Waals surface area contributed by atoms with Crippen LogP contribution in [0, 0.1) is 0 Å². The second-order valence-electron chi connectivity index (χ2n) is 4.87. The van der Waals surface area contributed by atoms with Crippen LogP contribution in [-0.2, 0) is 16.0 Å². The van der Waals surface area contributed by atoms with Gasteiger partial charge >= 0.3 is 0 Å². The van der Waals surface area contributed by atoms with Gasteiger partial charge in [0.25, 0.3) is 0 Å². The Balaban J connectivity index is 2.05. The predicted octanol–water partition coefficient (Wildman–Crippen LogP) is 2.34. The van der Waals surface area contributed by atoms with Crippen LogP contribution >= 0.6 is 15.9 Å². The third-order valence-electron chi connectivity index (χ3n) is 2.64. The Bertz CT molecular complexity index is 374. The number of halogens is 1. The van der Waals surface area contributed by atoms with Crippen LogP contribution in [0.2, 0.25) is 0 Å². The maximum absolute atomic E-state index is 9.76. The van der Waals surface area contributed by atoms with Crippen molar-refractivity contribution in [3.8, 4) is 0 Å². The first-order valence-electron chi connectivity index (χ1n) is 6.91. The van der Waals surface area contributed by atoms with E-state index in [-0.39, 0.29) is 6.10 Å². The number of benzene rings is 1. The highest BCUT2D eigenvalue weighted by Gasteiger charge is 2.05. The van der Waals surface area contributed by atoms with Gasteiger partial charge in [-0.3, -0.25) is 0 Å². The van der Waals surface area contributed by atoms with Crippen molar-refractivity contribution in [1.82, 2.24) is 5.32 Å². The molecule has 0 saturated heterocycles. The van der Waals surface area contributed by atoms with Crippen LogP contribution in [0.15, 0.2) is 28.7 Å². The average Bonchev–Trinajstić information content (AvgIpc) is 2.40. The monoisotopic (exact) mass is 345 g/mol. The molecule has 5 heteroatoms. The molecule has 1 unspecified atom stereocenters. The molecule has 20 heavy (non-hydrogen) atoms. The summed E-state index contributed by atoms with van der Waals surface area (Å²) in [5.41, 5.74) is 1.17. The van der Waals surface area contributed by atoms with Crippen LogP contribution in [0.25, 0.3) is 0 Å². The molecule has 0 saturated carbocycles. The largest absolute Gasteiger partial charge is 0.389 e. The summed E-state index contributed by atoms with van der Waals surface area (Å²) in [6, 6.07) is 8.03. The maximum atomic E-state index is 9.76. The molecular weight excluding hydrogens is 322 g/mol. The molecule has 0 aliphatic rings. The van der Waals surface area contributed by atoms with Crippen molar-refractivity contribution in [2.24, 2.45) is 0 Å². The summed E-state index contributed by atoms with van der Waals surface area (Å²) >= 11 is 3.49. The number of ether oxygens (including phenoxy) is 2. The number of nitrogens with one attached hydrogen (secondary N) is 1. The van der Waals surface area contributed by atoms with E-state index in [1.807, 2.05) is 38.1 Å². The molecule has 0 amide bonds. The molecule has 0 aromatic heterocycles. The molecule has 1 atom stereocenters. The summed E-state index contributed by atoms with van der Waals surface area (Å²) in [6.07, 6.45) is -0.286. The van der Waals surface area contributed by atoms with Gasteiger partial charge in [-0.1, -0.05) is 34.1 Å². The summed E-state index contributed by atoms with van der Waals surface area (Å²) in [5.74, 6) is 0. The molecule has 1 rings (SSSR count). The lowest BCUT2D eigenvalue weighted by atomic mass is 10.2. The van der Waals surface area contributed by atoms with E-state index in [2.05, 4.69) is 21.2 Å². The Morgan fingerprint density at radius 3 is 2.70 bits per heavy atom. The third kappa shape index (κ3) is 7.97. The van der Waals surface area contributed by atoms with Crippen molar-refractivity contribution in [2.75, 3.05) is 26.4 Å². The van der Waals surface area contributed by atoms with Gasteiger partial charge in [0.1, 0.15) is 0 Å². The Morgan fingerprint density at radius 2 is 2.00 bits per heavy atom. The quantitative estimate of drug-likeness (QED) is 0.639. The van der Waals surface area contributed by atoms with Crippen molar-refractivity contribution in [2.45, 2.75) is 32.6 Å². The summed E-state index contributed by atoms with van der Waals surface area (Å²) in [7, 11) is 0. The lowest BCUT2D eigenvalue weighted by Gasteiger charge is -2.13. The van der Waals surface area contributed by atoms with Gasteiger partial charge in [-0.15, -0.1) is 0 Å². The van der Waals surface area contributed by atoms with E-state index < -0.39 is 6.10 Å². The first-order chi connectivity index (χ1) is 9.59. The Morgan fingerprint density at radius 1 is 1.25 bits per heavy atom. The van der Waals surface area contributed by atoms with E-state index in [1.165, 1.54) is 5.56 Å². The molecule has 0 aliphatic heterocycles. The fourth-order valence-electron chi connectivity index (χ4n) is 1.64. The van der Waals surface area contributed by atoms with E-state index >= 15 is 0 Å². The minimum Gasteiger partial charge on any atom is -0.389 e. The van der Waals surface area contributed by atoms with Gasteiger partial charge < -0.3 is 19.9 Å². The molecule has 0 bridgehead atoms. The highest BCUT2D eigenvalue weighted by molar-refractivity contribution is 9.10. The van der Waals surface area contributed by atoms with E-state index in [0.717, 1.165) is 11.0 Å². The van der Waals surface area contributed by atoms with Crippen LogP contribution in [-0.4, -0.2) is 43.7 Å². The summed E-state index contributed by atoms with van der Waals surface area (Å²) in [5, 5.41) is 13.0. The summed E-state index contributed by atoms with van der Waals surface area (Å²) in [6.45, 7) is 6.60. The first kappa shape index (κ1) is 17.6. The topological polar surface area (TPSA) is 50.7 Å². The number of hydrogen-bond donors (Lipinski definition) is 2. The highest BCUT2D eigenvalue weighted by atomic mass is 79.9. The zero-order valence-corrected chi connectivity index (χ0v) is 13.7. The molecule has 4 nitrogen and oxygen atoms in total. The zero-order chi connectivity index (χ0) is 14.8. The van der Waals surface area contributed by atoms with Crippen molar-refractivity contribution in [3.63, 3.8) is 0 Å².